The third-order valence-corrected chi connectivity index (χ3v) is 5.15. The summed E-state index contributed by atoms with van der Waals surface area (Å²) in [6, 6.07) is 3.26. The minimum Gasteiger partial charge on any atom is -0.490 e. The van der Waals surface area contributed by atoms with Crippen LogP contribution in [0.1, 0.15) is 44.1 Å². The number of amides is 2. The second-order valence-corrected chi connectivity index (χ2v) is 7.10. The average Bonchev–Trinajstić information content (AvgIpc) is 2.56. The Bertz CT molecular complexity index is 659. The van der Waals surface area contributed by atoms with Crippen LogP contribution in [0.2, 0.25) is 5.02 Å². The lowest BCUT2D eigenvalue weighted by atomic mass is 9.82. The number of rotatable bonds is 3. The summed E-state index contributed by atoms with van der Waals surface area (Å²) >= 11 is 6.31. The lowest BCUT2D eigenvalue weighted by Gasteiger charge is -2.33. The van der Waals surface area contributed by atoms with E-state index in [2.05, 4.69) is 10.6 Å². The zero-order chi connectivity index (χ0) is 17.8. The van der Waals surface area contributed by atoms with Gasteiger partial charge in [-0.1, -0.05) is 24.4 Å². The smallest absolute Gasteiger partial charge is 0.319 e. The molecule has 1 heterocycles. The van der Waals surface area contributed by atoms with Crippen molar-refractivity contribution in [3.05, 3.63) is 22.7 Å². The number of fused-ring (bicyclic) bond motifs is 1. The van der Waals surface area contributed by atoms with Gasteiger partial charge in [0.05, 0.1) is 16.6 Å². The monoisotopic (exact) mass is 366 g/mol. The maximum absolute atomic E-state index is 12.1. The van der Waals surface area contributed by atoms with Gasteiger partial charge in [-0.05, 0) is 44.2 Å². The Labute approximate surface area is 151 Å². The van der Waals surface area contributed by atoms with E-state index in [1.54, 1.807) is 6.07 Å². The van der Waals surface area contributed by atoms with E-state index in [0.29, 0.717) is 35.8 Å². The Kier molecular flexibility index (Phi) is 5.68. The van der Waals surface area contributed by atoms with Gasteiger partial charge >= 0.3 is 12.0 Å². The maximum atomic E-state index is 12.1. The molecule has 0 spiro atoms. The van der Waals surface area contributed by atoms with Crippen molar-refractivity contribution in [1.82, 2.24) is 5.32 Å². The Morgan fingerprint density at radius 3 is 2.72 bits per heavy atom. The highest BCUT2D eigenvalue weighted by Gasteiger charge is 2.36. The molecule has 6 nitrogen and oxygen atoms in total. The number of anilines is 1. The molecule has 136 valence electrons. The van der Waals surface area contributed by atoms with E-state index < -0.39 is 5.97 Å². The molecule has 0 radical (unpaired) electrons. The van der Waals surface area contributed by atoms with Crippen molar-refractivity contribution in [3.63, 3.8) is 0 Å². The minimum atomic E-state index is -0.770. The molecule has 0 saturated heterocycles. The van der Waals surface area contributed by atoms with Crippen molar-refractivity contribution in [2.45, 2.75) is 51.0 Å². The van der Waals surface area contributed by atoms with Crippen LogP contribution in [0.4, 0.5) is 10.5 Å². The number of carbonyl (C=O) groups is 2. The van der Waals surface area contributed by atoms with Crippen molar-refractivity contribution in [1.29, 1.82) is 0 Å². The highest BCUT2D eigenvalue weighted by atomic mass is 35.5. The highest BCUT2D eigenvalue weighted by Crippen LogP contribution is 2.38. The Morgan fingerprint density at radius 2 is 1.96 bits per heavy atom. The van der Waals surface area contributed by atoms with E-state index in [0.717, 1.165) is 37.7 Å². The number of halogens is 1. The largest absolute Gasteiger partial charge is 0.490 e. The number of carboxylic acid groups (broad SMARTS) is 1. The predicted octanol–water partition coefficient (Wildman–Crippen LogP) is 3.82. The molecule has 25 heavy (non-hydrogen) atoms. The number of ether oxygens (including phenoxy) is 1. The van der Waals surface area contributed by atoms with Gasteiger partial charge in [-0.2, -0.15) is 0 Å². The summed E-state index contributed by atoms with van der Waals surface area (Å²) in [6.07, 6.45) is 5.78. The van der Waals surface area contributed by atoms with Gasteiger partial charge < -0.3 is 20.5 Å². The van der Waals surface area contributed by atoms with Crippen LogP contribution >= 0.6 is 11.6 Å². The fourth-order valence-corrected chi connectivity index (χ4v) is 3.50. The van der Waals surface area contributed by atoms with Crippen LogP contribution in [0, 0.1) is 5.92 Å². The third-order valence-electron chi connectivity index (χ3n) is 4.83. The molecule has 0 bridgehead atoms. The Morgan fingerprint density at radius 1 is 1.20 bits per heavy atom. The second-order valence-electron chi connectivity index (χ2n) is 6.69. The number of benzene rings is 1. The van der Waals surface area contributed by atoms with E-state index >= 15 is 0 Å². The molecule has 1 aromatic rings. The molecule has 1 fully saturated rings. The Hall–Kier alpha value is -1.95. The van der Waals surface area contributed by atoms with E-state index in [4.69, 9.17) is 21.4 Å². The molecule has 1 saturated carbocycles. The minimum absolute atomic E-state index is 0.0987. The van der Waals surface area contributed by atoms with Crippen molar-refractivity contribution in [2.75, 3.05) is 11.9 Å². The highest BCUT2D eigenvalue weighted by molar-refractivity contribution is 6.34. The van der Waals surface area contributed by atoms with Crippen LogP contribution in [0.5, 0.6) is 5.75 Å². The van der Waals surface area contributed by atoms with Gasteiger partial charge in [0.15, 0.2) is 0 Å². The SMILES string of the molecule is O=C1NCCCCCCc2c(OC3CC(C(=O)O)C3)ccc(Cl)c2N1. The molecule has 3 rings (SSSR count). The molecule has 0 aromatic heterocycles. The number of carboxylic acids is 1. The lowest BCUT2D eigenvalue weighted by molar-refractivity contribution is -0.147. The van der Waals surface area contributed by atoms with Crippen molar-refractivity contribution < 1.29 is 19.4 Å². The summed E-state index contributed by atoms with van der Waals surface area (Å²) < 4.78 is 6.03. The summed E-state index contributed by atoms with van der Waals surface area (Å²) in [5.74, 6) is -0.403. The fraction of sp³-hybridized carbons (Fsp3) is 0.556. The van der Waals surface area contributed by atoms with Crippen molar-refractivity contribution in [3.8, 4) is 5.75 Å². The van der Waals surface area contributed by atoms with E-state index in [-0.39, 0.29) is 18.1 Å². The number of carbonyl (C=O) groups excluding carboxylic acids is 1. The molecule has 3 N–H and O–H groups in total. The molecule has 0 unspecified atom stereocenters. The van der Waals surface area contributed by atoms with Crippen LogP contribution < -0.4 is 15.4 Å². The summed E-state index contributed by atoms with van der Waals surface area (Å²) in [5, 5.41) is 15.2. The van der Waals surface area contributed by atoms with Crippen LogP contribution in [0.3, 0.4) is 0 Å². The quantitative estimate of drug-likeness (QED) is 0.758. The van der Waals surface area contributed by atoms with Gasteiger partial charge in [-0.25, -0.2) is 4.79 Å². The van der Waals surface area contributed by atoms with Gasteiger partial charge in [0.1, 0.15) is 11.9 Å². The van der Waals surface area contributed by atoms with Gasteiger partial charge in [0.2, 0.25) is 0 Å². The fourth-order valence-electron chi connectivity index (χ4n) is 3.28. The molecular weight excluding hydrogens is 344 g/mol. The van der Waals surface area contributed by atoms with Crippen LogP contribution in [-0.4, -0.2) is 29.8 Å². The van der Waals surface area contributed by atoms with Gasteiger partial charge in [0.25, 0.3) is 0 Å². The van der Waals surface area contributed by atoms with Gasteiger partial charge in [-0.15, -0.1) is 0 Å². The number of urea groups is 1. The predicted molar refractivity (Wildman–Crippen MR) is 95.4 cm³/mol. The first-order valence-electron chi connectivity index (χ1n) is 8.80. The standard InChI is InChI=1S/C18H23ClN2O4/c19-14-6-7-15(25-12-9-11(10-12)17(22)23)13-5-3-1-2-4-8-20-18(24)21-16(13)14/h6-7,11-12H,1-5,8-10H2,(H,22,23)(H2,20,21,24). The molecule has 1 aliphatic carbocycles. The molecular formula is C18H23ClN2O4. The summed E-state index contributed by atoms with van der Waals surface area (Å²) in [7, 11) is 0. The molecule has 2 aliphatic rings. The normalized spacial score (nSPS) is 24.0. The second kappa shape index (κ2) is 7.95. The zero-order valence-corrected chi connectivity index (χ0v) is 14.8. The lowest BCUT2D eigenvalue weighted by Crippen LogP contribution is -2.38. The topological polar surface area (TPSA) is 87.7 Å². The Balaban J connectivity index is 1.80. The van der Waals surface area contributed by atoms with E-state index in [1.165, 1.54) is 0 Å². The average molecular weight is 367 g/mol. The van der Waals surface area contributed by atoms with Crippen molar-refractivity contribution in [2.24, 2.45) is 5.92 Å². The maximum Gasteiger partial charge on any atom is 0.319 e. The van der Waals surface area contributed by atoms with E-state index in [1.807, 2.05) is 6.07 Å². The van der Waals surface area contributed by atoms with Gasteiger partial charge in [-0.3, -0.25) is 4.79 Å². The summed E-state index contributed by atoms with van der Waals surface area (Å²) in [5.41, 5.74) is 1.48. The molecule has 2 amide bonds. The number of hydrogen-bond donors (Lipinski definition) is 3. The van der Waals surface area contributed by atoms with Crippen molar-refractivity contribution >= 4 is 29.3 Å². The number of hydrogen-bond acceptors (Lipinski definition) is 3. The number of nitrogens with one attached hydrogen (secondary N) is 2. The first-order valence-corrected chi connectivity index (χ1v) is 9.18. The van der Waals surface area contributed by atoms with Crippen LogP contribution in [-0.2, 0) is 11.2 Å². The molecule has 1 aliphatic heterocycles. The van der Waals surface area contributed by atoms with Gasteiger partial charge in [0, 0.05) is 12.1 Å². The first-order chi connectivity index (χ1) is 12.0. The zero-order valence-electron chi connectivity index (χ0n) is 14.0. The third kappa shape index (κ3) is 4.37. The summed E-state index contributed by atoms with van der Waals surface area (Å²) in [4.78, 5) is 23.0. The number of aliphatic carboxylic acids is 1. The molecule has 1 aromatic carbocycles. The molecule has 0 atom stereocenters. The summed E-state index contributed by atoms with van der Waals surface area (Å²) in [6.45, 7) is 0.646. The van der Waals surface area contributed by atoms with E-state index in [9.17, 15) is 9.59 Å². The first kappa shape index (κ1) is 17.9. The van der Waals surface area contributed by atoms with Crippen LogP contribution in [0.15, 0.2) is 12.1 Å². The van der Waals surface area contributed by atoms with Crippen LogP contribution in [0.25, 0.3) is 0 Å². The molecule has 7 heteroatoms.